The molecule has 0 N–H and O–H groups in total. The molecule has 156 valence electrons. The molecule has 0 aliphatic heterocycles. The van der Waals surface area contributed by atoms with Crippen molar-refractivity contribution in [3.8, 4) is 11.4 Å². The van der Waals surface area contributed by atoms with Crippen LogP contribution in [0.25, 0.3) is 11.4 Å². The second kappa shape index (κ2) is 9.39. The van der Waals surface area contributed by atoms with Crippen molar-refractivity contribution in [1.29, 1.82) is 0 Å². The van der Waals surface area contributed by atoms with E-state index in [9.17, 15) is 9.18 Å². The summed E-state index contributed by atoms with van der Waals surface area (Å²) in [6.45, 7) is 6.91. The Morgan fingerprint density at radius 2 is 1.90 bits per heavy atom. The van der Waals surface area contributed by atoms with Crippen molar-refractivity contribution in [2.45, 2.75) is 19.9 Å². The zero-order valence-corrected chi connectivity index (χ0v) is 17.7. The van der Waals surface area contributed by atoms with Crippen LogP contribution in [0.1, 0.15) is 29.4 Å². The molecule has 6 heteroatoms. The number of aromatic nitrogens is 2. The summed E-state index contributed by atoms with van der Waals surface area (Å²) < 4.78 is 15.9. The maximum Gasteiger partial charge on any atom is 0.274 e. The van der Waals surface area contributed by atoms with Gasteiger partial charge in [0.1, 0.15) is 11.6 Å². The van der Waals surface area contributed by atoms with Crippen LogP contribution < -0.4 is 4.90 Å². The van der Waals surface area contributed by atoms with Crippen LogP contribution in [0.15, 0.2) is 67.4 Å². The Morgan fingerprint density at radius 1 is 1.17 bits per heavy atom. The average molecular weight is 407 g/mol. The molecule has 0 saturated carbocycles. The Hall–Kier alpha value is -3.41. The molecule has 2 aromatic carbocycles. The van der Waals surface area contributed by atoms with Gasteiger partial charge in [0, 0.05) is 32.7 Å². The number of nitrogens with zero attached hydrogens (tertiary/aromatic N) is 4. The van der Waals surface area contributed by atoms with Crippen LogP contribution in [-0.4, -0.2) is 41.0 Å². The summed E-state index contributed by atoms with van der Waals surface area (Å²) in [4.78, 5) is 21.6. The standard InChI is InChI=1S/C24H27FN4O/c1-5-15-28(4)24(30)21-23(27(3)6-2)26-22(19-13-10-14-20(25)16-19)29(21)17-18-11-8-7-9-12-18/h6-14,16H,2,5,15,17H2,1,3-4H3. The number of imidazole rings is 1. The molecule has 0 bridgehead atoms. The molecule has 30 heavy (non-hydrogen) atoms. The maximum atomic E-state index is 14.0. The molecule has 3 aromatic rings. The van der Waals surface area contributed by atoms with Gasteiger partial charge in [0.25, 0.3) is 5.91 Å². The van der Waals surface area contributed by atoms with E-state index in [4.69, 9.17) is 4.98 Å². The third kappa shape index (κ3) is 4.43. The summed E-state index contributed by atoms with van der Waals surface area (Å²) in [5.41, 5.74) is 2.09. The minimum atomic E-state index is -0.351. The molecule has 0 aliphatic carbocycles. The van der Waals surface area contributed by atoms with Crippen molar-refractivity contribution >= 4 is 11.7 Å². The monoisotopic (exact) mass is 406 g/mol. The second-order valence-electron chi connectivity index (χ2n) is 7.21. The largest absolute Gasteiger partial charge is 0.340 e. The smallest absolute Gasteiger partial charge is 0.274 e. The summed E-state index contributed by atoms with van der Waals surface area (Å²) >= 11 is 0. The molecule has 0 saturated heterocycles. The first kappa shape index (κ1) is 21.3. The van der Waals surface area contributed by atoms with E-state index in [0.29, 0.717) is 36.0 Å². The Balaban J connectivity index is 2.25. The van der Waals surface area contributed by atoms with Crippen LogP contribution >= 0.6 is 0 Å². The van der Waals surface area contributed by atoms with Gasteiger partial charge in [-0.1, -0.05) is 56.0 Å². The number of halogens is 1. The molecule has 1 heterocycles. The number of amides is 1. The highest BCUT2D eigenvalue weighted by atomic mass is 19.1. The fourth-order valence-electron chi connectivity index (χ4n) is 3.37. The molecule has 0 aliphatic rings. The van der Waals surface area contributed by atoms with E-state index < -0.39 is 0 Å². The fourth-order valence-corrected chi connectivity index (χ4v) is 3.37. The number of hydrogen-bond acceptors (Lipinski definition) is 3. The fraction of sp³-hybridized carbons (Fsp3) is 0.250. The maximum absolute atomic E-state index is 14.0. The molecule has 0 radical (unpaired) electrons. The molecule has 0 atom stereocenters. The van der Waals surface area contributed by atoms with Gasteiger partial charge in [-0.05, 0) is 30.3 Å². The highest BCUT2D eigenvalue weighted by molar-refractivity contribution is 5.98. The van der Waals surface area contributed by atoms with Crippen LogP contribution in [0, 0.1) is 5.82 Å². The molecule has 0 unspecified atom stereocenters. The number of anilines is 1. The number of rotatable bonds is 8. The quantitative estimate of drug-likeness (QED) is 0.540. The topological polar surface area (TPSA) is 41.4 Å². The first-order chi connectivity index (χ1) is 14.5. The van der Waals surface area contributed by atoms with Gasteiger partial charge >= 0.3 is 0 Å². The predicted molar refractivity (Wildman–Crippen MR) is 119 cm³/mol. The highest BCUT2D eigenvalue weighted by Crippen LogP contribution is 2.30. The predicted octanol–water partition coefficient (Wildman–Crippen LogP) is 4.80. The number of carbonyl (C=O) groups excluding carboxylic acids is 1. The van der Waals surface area contributed by atoms with Crippen molar-refractivity contribution in [3.05, 3.63) is 84.5 Å². The Morgan fingerprint density at radius 3 is 2.53 bits per heavy atom. The van der Waals surface area contributed by atoms with E-state index in [0.717, 1.165) is 12.0 Å². The van der Waals surface area contributed by atoms with Crippen LogP contribution in [0.2, 0.25) is 0 Å². The summed E-state index contributed by atoms with van der Waals surface area (Å²) in [6, 6.07) is 16.1. The van der Waals surface area contributed by atoms with Crippen molar-refractivity contribution in [2.75, 3.05) is 25.5 Å². The van der Waals surface area contributed by atoms with Crippen molar-refractivity contribution in [2.24, 2.45) is 0 Å². The molecule has 0 spiro atoms. The first-order valence-corrected chi connectivity index (χ1v) is 9.97. The zero-order chi connectivity index (χ0) is 21.7. The highest BCUT2D eigenvalue weighted by Gasteiger charge is 2.27. The molecule has 0 fully saturated rings. The summed E-state index contributed by atoms with van der Waals surface area (Å²) in [5.74, 6) is 0.548. The molecule has 1 aromatic heterocycles. The lowest BCUT2D eigenvalue weighted by Gasteiger charge is -2.20. The zero-order valence-electron chi connectivity index (χ0n) is 17.7. The molecule has 5 nitrogen and oxygen atoms in total. The van der Waals surface area contributed by atoms with Gasteiger partial charge in [0.2, 0.25) is 0 Å². The summed E-state index contributed by atoms with van der Waals surface area (Å²) in [6.07, 6.45) is 2.46. The van der Waals surface area contributed by atoms with E-state index in [1.165, 1.54) is 12.1 Å². The van der Waals surface area contributed by atoms with Crippen LogP contribution in [0.3, 0.4) is 0 Å². The van der Waals surface area contributed by atoms with E-state index in [2.05, 4.69) is 6.58 Å². The van der Waals surface area contributed by atoms with Gasteiger partial charge in [-0.15, -0.1) is 0 Å². The van der Waals surface area contributed by atoms with Crippen LogP contribution in [0.5, 0.6) is 0 Å². The van der Waals surface area contributed by atoms with E-state index in [-0.39, 0.29) is 11.7 Å². The number of carbonyl (C=O) groups is 1. The lowest BCUT2D eigenvalue weighted by atomic mass is 10.2. The summed E-state index contributed by atoms with van der Waals surface area (Å²) in [5, 5.41) is 0. The average Bonchev–Trinajstić information content (AvgIpc) is 3.12. The minimum absolute atomic E-state index is 0.133. The van der Waals surface area contributed by atoms with Gasteiger partial charge in [-0.2, -0.15) is 0 Å². The SMILES string of the molecule is C=CN(C)c1nc(-c2cccc(F)c2)n(Cc2ccccc2)c1C(=O)N(C)CCC. The van der Waals surface area contributed by atoms with Gasteiger partial charge in [0.15, 0.2) is 11.5 Å². The van der Waals surface area contributed by atoms with Crippen molar-refractivity contribution < 1.29 is 9.18 Å². The molecular weight excluding hydrogens is 379 g/mol. The molecule has 3 rings (SSSR count). The van der Waals surface area contributed by atoms with Crippen molar-refractivity contribution in [3.63, 3.8) is 0 Å². The van der Waals surface area contributed by atoms with Gasteiger partial charge < -0.3 is 14.4 Å². The second-order valence-corrected chi connectivity index (χ2v) is 7.21. The third-order valence-electron chi connectivity index (χ3n) is 4.93. The van der Waals surface area contributed by atoms with E-state index >= 15 is 0 Å². The summed E-state index contributed by atoms with van der Waals surface area (Å²) in [7, 11) is 3.58. The van der Waals surface area contributed by atoms with Gasteiger partial charge in [-0.25, -0.2) is 9.37 Å². The normalized spacial score (nSPS) is 10.7. The lowest BCUT2D eigenvalue weighted by Crippen LogP contribution is -2.31. The Labute approximate surface area is 177 Å². The minimum Gasteiger partial charge on any atom is -0.340 e. The van der Waals surface area contributed by atoms with Crippen molar-refractivity contribution in [1.82, 2.24) is 14.5 Å². The van der Waals surface area contributed by atoms with Gasteiger partial charge in [-0.3, -0.25) is 4.79 Å². The lowest BCUT2D eigenvalue weighted by molar-refractivity contribution is 0.0786. The first-order valence-electron chi connectivity index (χ1n) is 9.97. The van der Waals surface area contributed by atoms with Crippen LogP contribution in [0.4, 0.5) is 10.2 Å². The molecular formula is C24H27FN4O. The molecule has 1 amide bonds. The van der Waals surface area contributed by atoms with E-state index in [1.54, 1.807) is 42.2 Å². The Kier molecular flexibility index (Phi) is 6.67. The van der Waals surface area contributed by atoms with E-state index in [1.807, 2.05) is 41.8 Å². The Bertz CT molecular complexity index is 1030. The van der Waals surface area contributed by atoms with Crippen LogP contribution in [-0.2, 0) is 6.54 Å². The number of benzene rings is 2. The number of hydrogen-bond donors (Lipinski definition) is 0. The third-order valence-corrected chi connectivity index (χ3v) is 4.93. The van der Waals surface area contributed by atoms with Gasteiger partial charge in [0.05, 0.1) is 0 Å².